The van der Waals surface area contributed by atoms with Crippen molar-refractivity contribution in [3.63, 3.8) is 0 Å². The molecule has 2 atom stereocenters. The topological polar surface area (TPSA) is 71.0 Å². The summed E-state index contributed by atoms with van der Waals surface area (Å²) in [6.45, 7) is 3.28. The maximum absolute atomic E-state index is 12.9. The number of fused-ring (bicyclic) bond motifs is 1. The molecule has 0 saturated heterocycles. The normalized spacial score (nSPS) is 21.1. The Labute approximate surface area is 174 Å². The molecule has 4 rings (SSSR count). The second kappa shape index (κ2) is 8.25. The summed E-state index contributed by atoms with van der Waals surface area (Å²) in [5.41, 5.74) is 3.15. The van der Waals surface area contributed by atoms with Crippen LogP contribution in [0.15, 0.2) is 53.5 Å². The Balaban J connectivity index is 1.70. The van der Waals surface area contributed by atoms with Crippen LogP contribution in [0.4, 0.5) is 0 Å². The van der Waals surface area contributed by atoms with Gasteiger partial charge >= 0.3 is 5.97 Å². The van der Waals surface area contributed by atoms with Crippen molar-refractivity contribution in [2.45, 2.75) is 25.9 Å². The lowest BCUT2D eigenvalue weighted by atomic mass is 9.91. The number of guanidine groups is 1. The number of carbonyl (C=O) groups excluding carboxylic acids is 2. The molecular weight excluding hydrogens is 390 g/mol. The fourth-order valence-electron chi connectivity index (χ4n) is 3.84. The summed E-state index contributed by atoms with van der Waals surface area (Å²) in [6, 6.07) is 14.7. The lowest BCUT2D eigenvalue weighted by Gasteiger charge is -2.36. The van der Waals surface area contributed by atoms with Crippen molar-refractivity contribution >= 4 is 29.4 Å². The number of nitrogens with zero attached hydrogens (tertiary/aromatic N) is 2. The molecule has 0 aromatic heterocycles. The molecule has 2 aromatic carbocycles. The van der Waals surface area contributed by atoms with Gasteiger partial charge in [0.1, 0.15) is 6.04 Å². The highest BCUT2D eigenvalue weighted by molar-refractivity contribution is 6.31. The smallest absolute Gasteiger partial charge is 0.321 e. The van der Waals surface area contributed by atoms with Crippen molar-refractivity contribution < 1.29 is 14.3 Å². The van der Waals surface area contributed by atoms with Crippen LogP contribution >= 0.6 is 11.6 Å². The molecule has 0 bridgehead atoms. The van der Waals surface area contributed by atoms with Crippen LogP contribution in [-0.4, -0.2) is 35.9 Å². The summed E-state index contributed by atoms with van der Waals surface area (Å²) < 4.78 is 5.14. The fourth-order valence-corrected chi connectivity index (χ4v) is 4.09. The zero-order valence-electron chi connectivity index (χ0n) is 16.1. The number of halogens is 1. The quantitative estimate of drug-likeness (QED) is 0.622. The minimum atomic E-state index is -1.07. The number of amides is 1. The lowest BCUT2D eigenvalue weighted by Crippen LogP contribution is -2.53. The Morgan fingerprint density at radius 2 is 1.93 bits per heavy atom. The highest BCUT2D eigenvalue weighted by Gasteiger charge is 2.42. The van der Waals surface area contributed by atoms with Gasteiger partial charge in [0.05, 0.1) is 6.61 Å². The Bertz CT molecular complexity index is 975. The average molecular weight is 412 g/mol. The van der Waals surface area contributed by atoms with Crippen molar-refractivity contribution in [2.24, 2.45) is 10.9 Å². The van der Waals surface area contributed by atoms with E-state index in [2.05, 4.69) is 17.4 Å². The number of nitrogens with one attached hydrogen (secondary N) is 1. The molecule has 2 heterocycles. The molecule has 0 aliphatic carbocycles. The predicted octanol–water partition coefficient (Wildman–Crippen LogP) is 3.10. The Morgan fingerprint density at radius 1 is 1.21 bits per heavy atom. The second-order valence-corrected chi connectivity index (χ2v) is 7.49. The second-order valence-electron chi connectivity index (χ2n) is 7.08. The Kier molecular flexibility index (Phi) is 5.53. The summed E-state index contributed by atoms with van der Waals surface area (Å²) >= 11 is 6.39. The summed E-state index contributed by atoms with van der Waals surface area (Å²) in [6.07, 6.45) is 0.864. The van der Waals surface area contributed by atoms with Gasteiger partial charge in [-0.05, 0) is 36.1 Å². The first kappa shape index (κ1) is 19.5. The van der Waals surface area contributed by atoms with Crippen LogP contribution in [-0.2, 0) is 27.3 Å². The van der Waals surface area contributed by atoms with E-state index in [4.69, 9.17) is 21.3 Å². The van der Waals surface area contributed by atoms with Gasteiger partial charge in [0, 0.05) is 18.1 Å². The van der Waals surface area contributed by atoms with E-state index in [0.717, 1.165) is 13.0 Å². The molecule has 1 amide bonds. The summed E-state index contributed by atoms with van der Waals surface area (Å²) in [5, 5.41) is 3.28. The molecule has 0 saturated carbocycles. The monoisotopic (exact) mass is 411 g/mol. The van der Waals surface area contributed by atoms with Gasteiger partial charge in [-0.2, -0.15) is 0 Å². The first-order valence-corrected chi connectivity index (χ1v) is 10.1. The van der Waals surface area contributed by atoms with E-state index >= 15 is 0 Å². The number of esters is 1. The minimum Gasteiger partial charge on any atom is -0.465 e. The molecule has 29 heavy (non-hydrogen) atoms. The molecule has 6 nitrogen and oxygen atoms in total. The van der Waals surface area contributed by atoms with Gasteiger partial charge in [-0.25, -0.2) is 4.99 Å². The van der Waals surface area contributed by atoms with Crippen LogP contribution in [0.2, 0.25) is 5.02 Å². The third-order valence-corrected chi connectivity index (χ3v) is 5.63. The number of hydrogen-bond donors (Lipinski definition) is 1. The van der Waals surface area contributed by atoms with Crippen LogP contribution in [0.5, 0.6) is 0 Å². The van der Waals surface area contributed by atoms with Crippen molar-refractivity contribution in [3.8, 4) is 0 Å². The first-order chi connectivity index (χ1) is 14.1. The number of rotatable bonds is 3. The Morgan fingerprint density at radius 3 is 2.69 bits per heavy atom. The van der Waals surface area contributed by atoms with Crippen molar-refractivity contribution in [2.75, 3.05) is 13.2 Å². The molecule has 7 heteroatoms. The van der Waals surface area contributed by atoms with Crippen LogP contribution in [0.25, 0.3) is 0 Å². The fraction of sp³-hybridized carbons (Fsp3) is 0.318. The first-order valence-electron chi connectivity index (χ1n) is 9.70. The maximum atomic E-state index is 12.9. The van der Waals surface area contributed by atoms with E-state index in [1.165, 1.54) is 11.1 Å². The van der Waals surface area contributed by atoms with Gasteiger partial charge in [-0.15, -0.1) is 0 Å². The van der Waals surface area contributed by atoms with Gasteiger partial charge in [0.15, 0.2) is 5.92 Å². The number of benzene rings is 2. The number of hydrogen-bond acceptors (Lipinski definition) is 5. The zero-order chi connectivity index (χ0) is 20.4. The highest BCUT2D eigenvalue weighted by atomic mass is 35.5. The standard InChI is InChI=1S/C22H22ClN3O3/c1-2-29-21(28)18-19(16-9-5-6-10-17(16)23)24-22(25-20(18)27)26-12-11-14-7-3-4-8-15(14)13-26/h3-10,18-19H,2,11-13H2,1H3,(H,24,25,27)/t18-,19+/m1/s1. The van der Waals surface area contributed by atoms with Crippen molar-refractivity contribution in [3.05, 3.63) is 70.2 Å². The number of ether oxygens (including phenoxy) is 1. The highest BCUT2D eigenvalue weighted by Crippen LogP contribution is 2.35. The van der Waals surface area contributed by atoms with E-state index in [1.54, 1.807) is 25.1 Å². The van der Waals surface area contributed by atoms with Crippen LogP contribution in [0.3, 0.4) is 0 Å². The minimum absolute atomic E-state index is 0.192. The van der Waals surface area contributed by atoms with Gasteiger partial charge in [0.25, 0.3) is 0 Å². The van der Waals surface area contributed by atoms with Gasteiger partial charge in [-0.1, -0.05) is 54.1 Å². The summed E-state index contributed by atoms with van der Waals surface area (Å²) in [5.74, 6) is -1.62. The van der Waals surface area contributed by atoms with Gasteiger partial charge < -0.3 is 9.64 Å². The molecule has 1 N–H and O–H groups in total. The van der Waals surface area contributed by atoms with E-state index in [9.17, 15) is 9.59 Å². The predicted molar refractivity (Wildman–Crippen MR) is 110 cm³/mol. The summed E-state index contributed by atoms with van der Waals surface area (Å²) in [4.78, 5) is 32.3. The van der Waals surface area contributed by atoms with E-state index in [0.29, 0.717) is 23.1 Å². The zero-order valence-corrected chi connectivity index (χ0v) is 16.9. The third-order valence-electron chi connectivity index (χ3n) is 5.29. The average Bonchev–Trinajstić information content (AvgIpc) is 2.73. The number of aliphatic imine (C=N–C) groups is 1. The van der Waals surface area contributed by atoms with Gasteiger partial charge in [0.2, 0.25) is 11.9 Å². The Hall–Kier alpha value is -2.86. The van der Waals surface area contributed by atoms with Gasteiger partial charge in [-0.3, -0.25) is 14.9 Å². The molecule has 0 radical (unpaired) electrons. The van der Waals surface area contributed by atoms with Crippen LogP contribution < -0.4 is 5.32 Å². The largest absolute Gasteiger partial charge is 0.465 e. The van der Waals surface area contributed by atoms with E-state index in [1.807, 2.05) is 23.1 Å². The molecule has 0 unspecified atom stereocenters. The third kappa shape index (κ3) is 3.85. The van der Waals surface area contributed by atoms with E-state index in [-0.39, 0.29) is 6.61 Å². The van der Waals surface area contributed by atoms with Crippen LogP contribution in [0.1, 0.15) is 29.7 Å². The maximum Gasteiger partial charge on any atom is 0.321 e. The van der Waals surface area contributed by atoms with Crippen LogP contribution in [0, 0.1) is 5.92 Å². The number of carbonyl (C=O) groups is 2. The van der Waals surface area contributed by atoms with Crippen molar-refractivity contribution in [1.82, 2.24) is 10.2 Å². The molecule has 2 aliphatic rings. The SMILES string of the molecule is CCOC(=O)[C@H]1C(=O)NC(N2CCc3ccccc3C2)=N[C@H]1c1ccccc1Cl. The molecular formula is C22H22ClN3O3. The molecule has 0 spiro atoms. The lowest BCUT2D eigenvalue weighted by molar-refractivity contribution is -0.153. The molecule has 2 aliphatic heterocycles. The molecule has 2 aromatic rings. The van der Waals surface area contributed by atoms with E-state index < -0.39 is 23.8 Å². The molecule has 150 valence electrons. The van der Waals surface area contributed by atoms with Crippen molar-refractivity contribution in [1.29, 1.82) is 0 Å². The molecule has 0 fully saturated rings. The summed E-state index contributed by atoms with van der Waals surface area (Å²) in [7, 11) is 0.